The maximum atomic E-state index is 12.7. The van der Waals surface area contributed by atoms with Crippen molar-refractivity contribution in [3.05, 3.63) is 0 Å². The summed E-state index contributed by atoms with van der Waals surface area (Å²) in [6.45, 7) is 1.91. The molecular weight excluding hydrogens is 300 g/mol. The van der Waals surface area contributed by atoms with Gasteiger partial charge in [0.25, 0.3) is 0 Å². The maximum absolute atomic E-state index is 12.7. The molecule has 4 heteroatoms. The topological polar surface area (TPSA) is 61.7 Å². The van der Waals surface area contributed by atoms with Gasteiger partial charge in [-0.25, -0.2) is 0 Å². The van der Waals surface area contributed by atoms with Gasteiger partial charge in [-0.1, -0.05) is 56.5 Å². The lowest BCUT2D eigenvalue weighted by Crippen LogP contribution is -2.39. The van der Waals surface area contributed by atoms with E-state index in [0.29, 0.717) is 17.9 Å². The SMILES string of the molecule is C/C(=N\O)C1CCCC(C(=O)NC2CCCCCCCC2)CCC1. The normalized spacial score (nSPS) is 28.8. The molecule has 0 heterocycles. The van der Waals surface area contributed by atoms with Gasteiger partial charge in [0.2, 0.25) is 5.91 Å². The number of hydrogen-bond donors (Lipinski definition) is 2. The fraction of sp³-hybridized carbons (Fsp3) is 0.900. The highest BCUT2D eigenvalue weighted by molar-refractivity contribution is 5.83. The monoisotopic (exact) mass is 336 g/mol. The van der Waals surface area contributed by atoms with E-state index < -0.39 is 0 Å². The summed E-state index contributed by atoms with van der Waals surface area (Å²) in [5.74, 6) is 0.878. The fourth-order valence-corrected chi connectivity index (χ4v) is 4.37. The molecule has 2 N–H and O–H groups in total. The van der Waals surface area contributed by atoms with E-state index in [-0.39, 0.29) is 5.92 Å². The van der Waals surface area contributed by atoms with Crippen LogP contribution in [0.2, 0.25) is 0 Å². The Bertz CT molecular complexity index is 388. The zero-order chi connectivity index (χ0) is 17.2. The van der Waals surface area contributed by atoms with Crippen molar-refractivity contribution < 1.29 is 10.0 Å². The summed E-state index contributed by atoms with van der Waals surface area (Å²) in [5.41, 5.74) is 0.850. The summed E-state index contributed by atoms with van der Waals surface area (Å²) in [7, 11) is 0. The minimum atomic E-state index is 0.185. The molecule has 24 heavy (non-hydrogen) atoms. The first-order valence-corrected chi connectivity index (χ1v) is 10.2. The summed E-state index contributed by atoms with van der Waals surface area (Å²) in [4.78, 5) is 12.7. The van der Waals surface area contributed by atoms with Crippen molar-refractivity contribution in [2.24, 2.45) is 17.0 Å². The summed E-state index contributed by atoms with van der Waals surface area (Å²) in [6, 6.07) is 0.401. The second kappa shape index (κ2) is 10.7. The van der Waals surface area contributed by atoms with Gasteiger partial charge in [0.1, 0.15) is 0 Å². The van der Waals surface area contributed by atoms with Gasteiger partial charge in [-0.3, -0.25) is 4.79 Å². The molecule has 2 fully saturated rings. The molecule has 138 valence electrons. The average Bonchev–Trinajstić information content (AvgIpc) is 2.68. The van der Waals surface area contributed by atoms with Crippen LogP contribution in [-0.2, 0) is 4.79 Å². The van der Waals surface area contributed by atoms with Crippen LogP contribution in [0.15, 0.2) is 5.16 Å². The molecule has 0 aromatic carbocycles. The Balaban J connectivity index is 1.79. The molecule has 4 nitrogen and oxygen atoms in total. The number of nitrogens with zero attached hydrogens (tertiary/aromatic N) is 1. The fourth-order valence-electron chi connectivity index (χ4n) is 4.37. The predicted octanol–water partition coefficient (Wildman–Crippen LogP) is 5.04. The first-order chi connectivity index (χ1) is 11.7. The van der Waals surface area contributed by atoms with Crippen LogP contribution in [-0.4, -0.2) is 22.9 Å². The van der Waals surface area contributed by atoms with E-state index in [1.807, 2.05) is 6.92 Å². The number of amides is 1. The first kappa shape index (κ1) is 19.3. The van der Waals surface area contributed by atoms with Crippen LogP contribution in [0.1, 0.15) is 96.8 Å². The Hall–Kier alpha value is -1.06. The van der Waals surface area contributed by atoms with Gasteiger partial charge in [0, 0.05) is 17.9 Å². The number of oxime groups is 1. The molecule has 0 bridgehead atoms. The Morgan fingerprint density at radius 1 is 0.792 bits per heavy atom. The van der Waals surface area contributed by atoms with Gasteiger partial charge in [-0.15, -0.1) is 0 Å². The third-order valence-corrected chi connectivity index (χ3v) is 6.03. The standard InChI is InChI=1S/C20H36N2O2/c1-16(22-24)17-10-8-12-18(13-9-11-17)20(23)21-19-14-6-4-2-3-5-7-15-19/h17-19,24H,2-15H2,1H3,(H,21,23)/b22-16+. The molecule has 0 saturated heterocycles. The Morgan fingerprint density at radius 2 is 1.29 bits per heavy atom. The third-order valence-electron chi connectivity index (χ3n) is 6.03. The molecule has 0 aliphatic heterocycles. The molecule has 1 amide bonds. The van der Waals surface area contributed by atoms with Gasteiger partial charge >= 0.3 is 0 Å². The highest BCUT2D eigenvalue weighted by Gasteiger charge is 2.25. The molecule has 2 aliphatic carbocycles. The van der Waals surface area contributed by atoms with E-state index in [1.54, 1.807) is 0 Å². The molecular formula is C20H36N2O2. The molecule has 0 unspecified atom stereocenters. The molecule has 0 radical (unpaired) electrons. The van der Waals surface area contributed by atoms with Crippen molar-refractivity contribution in [3.8, 4) is 0 Å². The van der Waals surface area contributed by atoms with Crippen molar-refractivity contribution in [2.75, 3.05) is 0 Å². The molecule has 2 saturated carbocycles. The van der Waals surface area contributed by atoms with Crippen molar-refractivity contribution in [1.29, 1.82) is 0 Å². The van der Waals surface area contributed by atoms with Crippen LogP contribution >= 0.6 is 0 Å². The Morgan fingerprint density at radius 3 is 1.83 bits per heavy atom. The van der Waals surface area contributed by atoms with E-state index in [1.165, 1.54) is 38.5 Å². The van der Waals surface area contributed by atoms with E-state index in [0.717, 1.165) is 57.1 Å². The van der Waals surface area contributed by atoms with Crippen molar-refractivity contribution in [3.63, 3.8) is 0 Å². The molecule has 2 rings (SSSR count). The second-order valence-electron chi connectivity index (χ2n) is 7.90. The summed E-state index contributed by atoms with van der Waals surface area (Å²) in [5, 5.41) is 15.7. The van der Waals surface area contributed by atoms with Crippen LogP contribution in [0.5, 0.6) is 0 Å². The van der Waals surface area contributed by atoms with E-state index in [4.69, 9.17) is 5.21 Å². The van der Waals surface area contributed by atoms with E-state index in [2.05, 4.69) is 10.5 Å². The largest absolute Gasteiger partial charge is 0.411 e. The van der Waals surface area contributed by atoms with Gasteiger partial charge in [0.15, 0.2) is 0 Å². The quantitative estimate of drug-likeness (QED) is 0.431. The maximum Gasteiger partial charge on any atom is 0.223 e. The van der Waals surface area contributed by atoms with Crippen LogP contribution in [0.3, 0.4) is 0 Å². The highest BCUT2D eigenvalue weighted by Crippen LogP contribution is 2.27. The minimum Gasteiger partial charge on any atom is -0.411 e. The van der Waals surface area contributed by atoms with Crippen molar-refractivity contribution in [1.82, 2.24) is 5.32 Å². The molecule has 0 atom stereocenters. The van der Waals surface area contributed by atoms with Crippen molar-refractivity contribution >= 4 is 11.6 Å². The summed E-state index contributed by atoms with van der Waals surface area (Å²) in [6.07, 6.45) is 16.4. The smallest absolute Gasteiger partial charge is 0.223 e. The number of rotatable bonds is 3. The van der Waals surface area contributed by atoms with Crippen LogP contribution in [0.25, 0.3) is 0 Å². The Labute approximate surface area is 147 Å². The zero-order valence-electron chi connectivity index (χ0n) is 15.4. The predicted molar refractivity (Wildman–Crippen MR) is 98.4 cm³/mol. The van der Waals surface area contributed by atoms with Crippen molar-refractivity contribution in [2.45, 2.75) is 103 Å². The average molecular weight is 337 g/mol. The third kappa shape index (κ3) is 6.45. The lowest BCUT2D eigenvalue weighted by Gasteiger charge is -2.26. The molecule has 2 aliphatic rings. The zero-order valence-corrected chi connectivity index (χ0v) is 15.4. The van der Waals surface area contributed by atoms with Gasteiger partial charge in [0.05, 0.1) is 5.71 Å². The van der Waals surface area contributed by atoms with Crippen LogP contribution in [0.4, 0.5) is 0 Å². The number of nitrogens with one attached hydrogen (secondary N) is 1. The van der Waals surface area contributed by atoms with E-state index in [9.17, 15) is 4.79 Å². The van der Waals surface area contributed by atoms with Crippen LogP contribution in [0, 0.1) is 11.8 Å². The van der Waals surface area contributed by atoms with Gasteiger partial charge in [-0.2, -0.15) is 0 Å². The first-order valence-electron chi connectivity index (χ1n) is 10.2. The Kier molecular flexibility index (Phi) is 8.62. The second-order valence-corrected chi connectivity index (χ2v) is 7.90. The molecule has 0 aromatic heterocycles. The lowest BCUT2D eigenvalue weighted by molar-refractivity contribution is -0.126. The van der Waals surface area contributed by atoms with Gasteiger partial charge < -0.3 is 10.5 Å². The summed E-state index contributed by atoms with van der Waals surface area (Å²) >= 11 is 0. The molecule has 0 spiro atoms. The molecule has 0 aromatic rings. The number of carbonyl (C=O) groups excluding carboxylic acids is 1. The minimum absolute atomic E-state index is 0.185. The lowest BCUT2D eigenvalue weighted by atomic mass is 9.83. The van der Waals surface area contributed by atoms with Crippen LogP contribution < -0.4 is 5.32 Å². The number of carbonyl (C=O) groups is 1. The highest BCUT2D eigenvalue weighted by atomic mass is 16.4. The van der Waals surface area contributed by atoms with Gasteiger partial charge in [-0.05, 0) is 45.4 Å². The van der Waals surface area contributed by atoms with E-state index >= 15 is 0 Å². The summed E-state index contributed by atoms with van der Waals surface area (Å²) < 4.78 is 0. The number of hydrogen-bond acceptors (Lipinski definition) is 3.